The summed E-state index contributed by atoms with van der Waals surface area (Å²) in [5.41, 5.74) is 0.986. The molecule has 184 valence electrons. The Morgan fingerprint density at radius 2 is 2.20 bits per heavy atom. The molecule has 35 heavy (non-hydrogen) atoms. The molecule has 0 aliphatic carbocycles. The van der Waals surface area contributed by atoms with Gasteiger partial charge in [-0.05, 0) is 12.1 Å². The van der Waals surface area contributed by atoms with Crippen molar-refractivity contribution in [2.24, 2.45) is 0 Å². The maximum absolute atomic E-state index is 14.4. The van der Waals surface area contributed by atoms with Gasteiger partial charge in [-0.1, -0.05) is 11.8 Å². The van der Waals surface area contributed by atoms with Crippen molar-refractivity contribution < 1.29 is 28.2 Å². The number of carbonyl (C=O) groups is 3. The van der Waals surface area contributed by atoms with Gasteiger partial charge in [0.25, 0.3) is 0 Å². The van der Waals surface area contributed by atoms with Crippen LogP contribution in [0.4, 0.5) is 32.2 Å². The van der Waals surface area contributed by atoms with Crippen molar-refractivity contribution in [3.63, 3.8) is 0 Å². The molecule has 0 saturated carbocycles. The third-order valence-corrected chi connectivity index (χ3v) is 6.57. The van der Waals surface area contributed by atoms with Crippen LogP contribution >= 0.6 is 11.8 Å². The van der Waals surface area contributed by atoms with Gasteiger partial charge in [-0.15, -0.1) is 0 Å². The number of anilines is 4. The van der Waals surface area contributed by atoms with E-state index >= 15 is 0 Å². The molecule has 1 aromatic carbocycles. The summed E-state index contributed by atoms with van der Waals surface area (Å²) >= 11 is 1.28. The van der Waals surface area contributed by atoms with Crippen molar-refractivity contribution in [3.05, 3.63) is 24.1 Å². The fourth-order valence-corrected chi connectivity index (χ4v) is 4.57. The minimum absolute atomic E-state index is 0.00191. The Morgan fingerprint density at radius 1 is 1.34 bits per heavy atom. The van der Waals surface area contributed by atoms with Gasteiger partial charge >= 0.3 is 6.09 Å². The van der Waals surface area contributed by atoms with Crippen LogP contribution in [0.5, 0.6) is 5.75 Å². The number of benzene rings is 1. The van der Waals surface area contributed by atoms with Gasteiger partial charge in [-0.25, -0.2) is 19.2 Å². The Balaban J connectivity index is 1.13. The van der Waals surface area contributed by atoms with E-state index in [1.165, 1.54) is 33.8 Å². The van der Waals surface area contributed by atoms with Crippen LogP contribution < -0.4 is 30.5 Å². The van der Waals surface area contributed by atoms with Gasteiger partial charge in [0, 0.05) is 20.1 Å². The molecule has 1 fully saturated rings. The maximum atomic E-state index is 14.4. The fraction of sp³-hybridized carbons (Fsp3) is 0.381. The van der Waals surface area contributed by atoms with E-state index in [4.69, 9.17) is 9.47 Å². The van der Waals surface area contributed by atoms with Crippen molar-refractivity contribution in [2.75, 3.05) is 66.0 Å². The second-order valence-corrected chi connectivity index (χ2v) is 8.93. The molecule has 1 atom stereocenters. The highest BCUT2D eigenvalue weighted by Gasteiger charge is 2.34. The number of fused-ring (bicyclic) bond motifs is 2. The van der Waals surface area contributed by atoms with Crippen LogP contribution in [0, 0.1) is 5.82 Å². The van der Waals surface area contributed by atoms with Gasteiger partial charge in [0.2, 0.25) is 11.8 Å². The largest absolute Gasteiger partial charge is 0.487 e. The van der Waals surface area contributed by atoms with Crippen LogP contribution in [-0.4, -0.2) is 79.6 Å². The summed E-state index contributed by atoms with van der Waals surface area (Å²) in [4.78, 5) is 47.2. The van der Waals surface area contributed by atoms with E-state index in [0.29, 0.717) is 41.1 Å². The van der Waals surface area contributed by atoms with E-state index in [2.05, 4.69) is 25.9 Å². The highest BCUT2D eigenvalue weighted by molar-refractivity contribution is 8.00. The number of thioether (sulfide) groups is 1. The first-order chi connectivity index (χ1) is 16.9. The lowest BCUT2D eigenvalue weighted by Gasteiger charge is -2.29. The first kappa shape index (κ1) is 23.1. The van der Waals surface area contributed by atoms with Crippen LogP contribution in [0.3, 0.4) is 0 Å². The van der Waals surface area contributed by atoms with Gasteiger partial charge in [-0.3, -0.25) is 14.5 Å². The molecular weight excluding hydrogens is 481 g/mol. The number of carbonyl (C=O) groups excluding carboxylic acids is 3. The van der Waals surface area contributed by atoms with E-state index in [1.54, 1.807) is 13.1 Å². The number of rotatable bonds is 7. The summed E-state index contributed by atoms with van der Waals surface area (Å²) in [5, 5.41) is 9.32. The number of ether oxygens (including phenoxy) is 2. The van der Waals surface area contributed by atoms with Gasteiger partial charge in [-0.2, -0.15) is 0 Å². The van der Waals surface area contributed by atoms with E-state index < -0.39 is 18.0 Å². The monoisotopic (exact) mass is 503 g/mol. The average molecular weight is 504 g/mol. The molecule has 0 radical (unpaired) electrons. The van der Waals surface area contributed by atoms with E-state index in [0.717, 1.165) is 0 Å². The summed E-state index contributed by atoms with van der Waals surface area (Å²) in [6, 6.07) is 2.86. The topological polar surface area (TPSA) is 138 Å². The molecule has 4 heterocycles. The average Bonchev–Trinajstić information content (AvgIpc) is 3.22. The number of hydrogen-bond donors (Lipinski definition) is 3. The van der Waals surface area contributed by atoms with Gasteiger partial charge < -0.3 is 30.3 Å². The summed E-state index contributed by atoms with van der Waals surface area (Å²) < 4.78 is 25.4. The molecule has 0 unspecified atom stereocenters. The lowest BCUT2D eigenvalue weighted by atomic mass is 10.1. The number of nitrogens with zero attached hydrogens (tertiary/aromatic N) is 4. The molecule has 1 saturated heterocycles. The predicted octanol–water partition coefficient (Wildman–Crippen LogP) is 1.04. The zero-order valence-electron chi connectivity index (χ0n) is 18.7. The molecule has 0 spiro atoms. The highest BCUT2D eigenvalue weighted by atomic mass is 32.2. The van der Waals surface area contributed by atoms with Crippen LogP contribution in [0.1, 0.15) is 0 Å². The number of amides is 3. The highest BCUT2D eigenvalue weighted by Crippen LogP contribution is 2.39. The molecule has 12 nitrogen and oxygen atoms in total. The number of aromatic nitrogens is 2. The van der Waals surface area contributed by atoms with Crippen LogP contribution in [0.25, 0.3) is 0 Å². The Labute approximate surface area is 203 Å². The van der Waals surface area contributed by atoms with Gasteiger partial charge in [0.15, 0.2) is 23.2 Å². The Kier molecular flexibility index (Phi) is 6.30. The molecule has 3 aliphatic heterocycles. The molecule has 3 amide bonds. The van der Waals surface area contributed by atoms with Crippen molar-refractivity contribution in [3.8, 4) is 5.75 Å². The minimum Gasteiger partial charge on any atom is -0.487 e. The zero-order valence-corrected chi connectivity index (χ0v) is 19.5. The first-order valence-electron chi connectivity index (χ1n) is 10.8. The summed E-state index contributed by atoms with van der Waals surface area (Å²) in [6.07, 6.45) is 0.466. The van der Waals surface area contributed by atoms with Gasteiger partial charge in [0.05, 0.1) is 30.7 Å². The zero-order chi connectivity index (χ0) is 24.5. The standard InChI is InChI=1S/C21H22FN7O5S/c1-28-16(31)8-24-13-3-2-12(22)18(17(13)28)33-5-4-23-6-11-9-29(21(32)34-11)14-7-25-20-19(26-14)27-15(30)10-35-20/h2-3,7,11,23-24H,4-6,8-10H2,1H3,(H,26,27,30)/t11-/m0/s1. The van der Waals surface area contributed by atoms with Crippen LogP contribution in [-0.2, 0) is 14.3 Å². The first-order valence-corrected chi connectivity index (χ1v) is 11.8. The Hall–Kier alpha value is -3.65. The van der Waals surface area contributed by atoms with Crippen LogP contribution in [0.15, 0.2) is 23.4 Å². The lowest BCUT2D eigenvalue weighted by molar-refractivity contribution is -0.117. The molecule has 3 N–H and O–H groups in total. The quantitative estimate of drug-likeness (QED) is 0.470. The summed E-state index contributed by atoms with van der Waals surface area (Å²) in [5.74, 6) is -0.0338. The number of likely N-dealkylation sites (N-methyl/N-ethyl adjacent to an activating group) is 1. The van der Waals surface area contributed by atoms with Crippen molar-refractivity contribution in [2.45, 2.75) is 11.1 Å². The maximum Gasteiger partial charge on any atom is 0.416 e. The van der Waals surface area contributed by atoms with E-state index in [9.17, 15) is 18.8 Å². The second-order valence-electron chi connectivity index (χ2n) is 7.97. The van der Waals surface area contributed by atoms with Crippen LogP contribution in [0.2, 0.25) is 0 Å². The molecule has 1 aromatic heterocycles. The third-order valence-electron chi connectivity index (χ3n) is 5.59. The molecule has 0 bridgehead atoms. The normalized spacial score (nSPS) is 19.0. The molecule has 3 aliphatic rings. The Morgan fingerprint density at radius 3 is 3.06 bits per heavy atom. The number of halogens is 1. The molecule has 5 rings (SSSR count). The SMILES string of the molecule is CN1C(=O)CNc2ccc(F)c(OCCNC[C@H]3CN(c4cnc5c(n4)NC(=O)CS5)C(=O)O3)c21. The summed E-state index contributed by atoms with van der Waals surface area (Å²) in [7, 11) is 1.58. The number of hydrogen-bond acceptors (Lipinski definition) is 10. The Bertz CT molecular complexity index is 1200. The van der Waals surface area contributed by atoms with Crippen molar-refractivity contribution >= 4 is 52.7 Å². The van der Waals surface area contributed by atoms with Crippen molar-refractivity contribution in [1.82, 2.24) is 15.3 Å². The predicted molar refractivity (Wildman–Crippen MR) is 126 cm³/mol. The molecular formula is C21H22FN7O5S. The molecule has 14 heteroatoms. The second kappa shape index (κ2) is 9.54. The fourth-order valence-electron chi connectivity index (χ4n) is 3.86. The number of nitrogens with one attached hydrogen (secondary N) is 3. The van der Waals surface area contributed by atoms with E-state index in [-0.39, 0.29) is 43.0 Å². The minimum atomic E-state index is -0.562. The lowest BCUT2D eigenvalue weighted by Crippen LogP contribution is -2.37. The number of cyclic esters (lactones) is 1. The smallest absolute Gasteiger partial charge is 0.416 e. The summed E-state index contributed by atoms with van der Waals surface area (Å²) in [6.45, 7) is 1.21. The van der Waals surface area contributed by atoms with Crippen molar-refractivity contribution in [1.29, 1.82) is 0 Å². The molecule has 2 aromatic rings. The van der Waals surface area contributed by atoms with E-state index in [1.807, 2.05) is 0 Å². The van der Waals surface area contributed by atoms with Gasteiger partial charge in [0.1, 0.15) is 23.4 Å². The third kappa shape index (κ3) is 4.66.